The number of guanidine groups is 1. The van der Waals surface area contributed by atoms with Gasteiger partial charge in [0.2, 0.25) is 5.89 Å². The molecule has 2 heterocycles. The van der Waals surface area contributed by atoms with Crippen molar-refractivity contribution in [1.82, 2.24) is 15.2 Å². The van der Waals surface area contributed by atoms with E-state index in [9.17, 15) is 0 Å². The normalized spacial score (nSPS) is 18.4. The average Bonchev–Trinajstić information content (AvgIpc) is 3.02. The number of halogens is 1. The summed E-state index contributed by atoms with van der Waals surface area (Å²) >= 11 is 0. The summed E-state index contributed by atoms with van der Waals surface area (Å²) in [6.45, 7) is 14.2. The van der Waals surface area contributed by atoms with Crippen LogP contribution in [0.25, 0.3) is 0 Å². The number of aliphatic imine (C=N–C) groups is 1. The molecule has 0 bridgehead atoms. The van der Waals surface area contributed by atoms with Crippen molar-refractivity contribution in [3.8, 4) is 0 Å². The molecule has 1 N–H and O–H groups in total. The van der Waals surface area contributed by atoms with Crippen LogP contribution in [0, 0.1) is 25.7 Å². The zero-order chi connectivity index (χ0) is 16.1. The number of hydrogen-bond donors (Lipinski definition) is 1. The number of nitrogens with one attached hydrogen (secondary N) is 1. The van der Waals surface area contributed by atoms with Crippen LogP contribution in [0.4, 0.5) is 0 Å². The molecule has 6 heteroatoms. The fourth-order valence-electron chi connectivity index (χ4n) is 3.06. The Hall–Kier alpha value is -0.790. The second-order valence-electron chi connectivity index (χ2n) is 6.65. The van der Waals surface area contributed by atoms with Gasteiger partial charge < -0.3 is 14.6 Å². The van der Waals surface area contributed by atoms with E-state index in [4.69, 9.17) is 9.41 Å². The first-order valence-corrected chi connectivity index (χ1v) is 8.45. The van der Waals surface area contributed by atoms with Gasteiger partial charge in [-0.05, 0) is 45.4 Å². The van der Waals surface area contributed by atoms with Gasteiger partial charge in [0.15, 0.2) is 5.96 Å². The van der Waals surface area contributed by atoms with Gasteiger partial charge in [-0.3, -0.25) is 0 Å². The van der Waals surface area contributed by atoms with E-state index in [2.05, 4.69) is 36.0 Å². The van der Waals surface area contributed by atoms with Gasteiger partial charge in [0.25, 0.3) is 0 Å². The van der Waals surface area contributed by atoms with Crippen molar-refractivity contribution in [1.29, 1.82) is 0 Å². The number of aryl methyl sites for hydroxylation is 2. The molecule has 1 aromatic heterocycles. The smallest absolute Gasteiger partial charge is 0.216 e. The summed E-state index contributed by atoms with van der Waals surface area (Å²) in [4.78, 5) is 11.5. The fraction of sp³-hybridized carbons (Fsp3) is 0.765. The molecular weight excluding hydrogens is 403 g/mol. The van der Waals surface area contributed by atoms with Crippen molar-refractivity contribution in [2.45, 2.75) is 54.0 Å². The third-order valence-electron chi connectivity index (χ3n) is 4.16. The van der Waals surface area contributed by atoms with E-state index in [-0.39, 0.29) is 24.0 Å². The zero-order valence-electron chi connectivity index (χ0n) is 15.1. The molecule has 0 aromatic carbocycles. The average molecular weight is 434 g/mol. The van der Waals surface area contributed by atoms with Crippen LogP contribution in [0.5, 0.6) is 0 Å². The van der Waals surface area contributed by atoms with Crippen molar-refractivity contribution in [2.75, 3.05) is 19.6 Å². The molecule has 0 saturated carbocycles. The highest BCUT2D eigenvalue weighted by Crippen LogP contribution is 2.23. The first kappa shape index (κ1) is 20.3. The lowest BCUT2D eigenvalue weighted by molar-refractivity contribution is 0.402. The third kappa shape index (κ3) is 5.97. The summed E-state index contributed by atoms with van der Waals surface area (Å²) < 4.78 is 5.61. The van der Waals surface area contributed by atoms with Crippen LogP contribution < -0.4 is 5.32 Å². The Labute approximate surface area is 157 Å². The molecule has 1 aliphatic rings. The minimum Gasteiger partial charge on any atom is -0.444 e. The van der Waals surface area contributed by atoms with E-state index in [1.54, 1.807) is 0 Å². The summed E-state index contributed by atoms with van der Waals surface area (Å²) in [6.07, 6.45) is 2.56. The second-order valence-corrected chi connectivity index (χ2v) is 6.65. The Balaban J connectivity index is 0.00000264. The number of hydrogen-bond acceptors (Lipinski definition) is 3. The van der Waals surface area contributed by atoms with Crippen LogP contribution in [0.1, 0.15) is 51.0 Å². The molecule has 132 valence electrons. The molecule has 1 saturated heterocycles. The maximum atomic E-state index is 5.61. The van der Waals surface area contributed by atoms with Crippen molar-refractivity contribution < 1.29 is 4.42 Å². The van der Waals surface area contributed by atoms with E-state index < -0.39 is 0 Å². The second kappa shape index (κ2) is 9.49. The maximum absolute atomic E-state index is 5.61. The zero-order valence-corrected chi connectivity index (χ0v) is 17.4. The minimum absolute atomic E-state index is 0. The van der Waals surface area contributed by atoms with Crippen LogP contribution >= 0.6 is 24.0 Å². The van der Waals surface area contributed by atoms with Gasteiger partial charge in [-0.25, -0.2) is 9.98 Å². The molecule has 2 rings (SSSR count). The lowest BCUT2D eigenvalue weighted by atomic mass is 9.97. The Morgan fingerprint density at radius 1 is 1.43 bits per heavy atom. The van der Waals surface area contributed by atoms with Crippen LogP contribution in [0.15, 0.2) is 9.41 Å². The monoisotopic (exact) mass is 434 g/mol. The van der Waals surface area contributed by atoms with E-state index in [0.717, 1.165) is 48.9 Å². The Morgan fingerprint density at radius 2 is 2.17 bits per heavy atom. The highest BCUT2D eigenvalue weighted by molar-refractivity contribution is 14.0. The topological polar surface area (TPSA) is 53.7 Å². The molecule has 1 fully saturated rings. The Morgan fingerprint density at radius 3 is 2.74 bits per heavy atom. The number of nitrogens with zero attached hydrogens (tertiary/aromatic N) is 3. The summed E-state index contributed by atoms with van der Waals surface area (Å²) in [5.74, 6) is 4.12. The molecule has 1 aromatic rings. The standard InChI is InChI=1S/C17H30N4O.HI/c1-6-18-17(19-10-16-20-13(4)14(5)22-16)21-8-7-15(11-21)9-12(2)3;/h12,15H,6-11H2,1-5H3,(H,18,19);1H. The van der Waals surface area contributed by atoms with Crippen LogP contribution in [0.2, 0.25) is 0 Å². The summed E-state index contributed by atoms with van der Waals surface area (Å²) in [6, 6.07) is 0. The van der Waals surface area contributed by atoms with E-state index >= 15 is 0 Å². The quantitative estimate of drug-likeness (QED) is 0.436. The van der Waals surface area contributed by atoms with Crippen LogP contribution in [-0.4, -0.2) is 35.5 Å². The van der Waals surface area contributed by atoms with Gasteiger partial charge in [-0.1, -0.05) is 13.8 Å². The van der Waals surface area contributed by atoms with Gasteiger partial charge in [-0.2, -0.15) is 0 Å². The molecule has 23 heavy (non-hydrogen) atoms. The molecule has 0 amide bonds. The van der Waals surface area contributed by atoms with E-state index in [1.807, 2.05) is 13.8 Å². The Kier molecular flexibility index (Phi) is 8.36. The maximum Gasteiger partial charge on any atom is 0.216 e. The Bertz CT molecular complexity index is 493. The van der Waals surface area contributed by atoms with Crippen molar-refractivity contribution in [3.63, 3.8) is 0 Å². The van der Waals surface area contributed by atoms with Crippen LogP contribution in [-0.2, 0) is 6.54 Å². The summed E-state index contributed by atoms with van der Waals surface area (Å²) in [5, 5.41) is 3.40. The lowest BCUT2D eigenvalue weighted by Gasteiger charge is -2.21. The summed E-state index contributed by atoms with van der Waals surface area (Å²) in [7, 11) is 0. The molecule has 5 nitrogen and oxygen atoms in total. The molecule has 0 aliphatic carbocycles. The molecule has 1 aliphatic heterocycles. The molecular formula is C17H31IN4O. The van der Waals surface area contributed by atoms with Gasteiger partial charge >= 0.3 is 0 Å². The summed E-state index contributed by atoms with van der Waals surface area (Å²) in [5.41, 5.74) is 0.952. The SMILES string of the molecule is CCNC(=NCc1nc(C)c(C)o1)N1CCC(CC(C)C)C1.I. The number of likely N-dealkylation sites (tertiary alicyclic amines) is 1. The van der Waals surface area contributed by atoms with E-state index in [1.165, 1.54) is 12.8 Å². The number of rotatable bonds is 5. The molecule has 1 atom stereocenters. The molecule has 0 spiro atoms. The predicted molar refractivity (Wildman–Crippen MR) is 105 cm³/mol. The van der Waals surface area contributed by atoms with Gasteiger partial charge in [0.05, 0.1) is 5.69 Å². The van der Waals surface area contributed by atoms with Gasteiger partial charge in [-0.15, -0.1) is 24.0 Å². The lowest BCUT2D eigenvalue weighted by Crippen LogP contribution is -2.40. The predicted octanol–water partition coefficient (Wildman–Crippen LogP) is 3.74. The van der Waals surface area contributed by atoms with Gasteiger partial charge in [0.1, 0.15) is 12.3 Å². The largest absolute Gasteiger partial charge is 0.444 e. The number of aromatic nitrogens is 1. The van der Waals surface area contributed by atoms with Crippen molar-refractivity contribution in [2.24, 2.45) is 16.8 Å². The van der Waals surface area contributed by atoms with Crippen molar-refractivity contribution >= 4 is 29.9 Å². The first-order chi connectivity index (χ1) is 10.5. The van der Waals surface area contributed by atoms with Gasteiger partial charge in [0, 0.05) is 19.6 Å². The molecule has 0 radical (unpaired) electrons. The fourth-order valence-corrected chi connectivity index (χ4v) is 3.06. The number of oxazole rings is 1. The van der Waals surface area contributed by atoms with Crippen LogP contribution in [0.3, 0.4) is 0 Å². The first-order valence-electron chi connectivity index (χ1n) is 8.45. The van der Waals surface area contributed by atoms with Crippen molar-refractivity contribution in [3.05, 3.63) is 17.3 Å². The molecule has 1 unspecified atom stereocenters. The highest BCUT2D eigenvalue weighted by Gasteiger charge is 2.25. The highest BCUT2D eigenvalue weighted by atomic mass is 127. The minimum atomic E-state index is 0. The van der Waals surface area contributed by atoms with E-state index in [0.29, 0.717) is 12.4 Å². The third-order valence-corrected chi connectivity index (χ3v) is 4.16.